The Bertz CT molecular complexity index is 1310. The third-order valence-electron chi connectivity index (χ3n) is 8.61. The minimum absolute atomic E-state index is 0.104. The Morgan fingerprint density at radius 2 is 2.00 bits per heavy atom. The van der Waals surface area contributed by atoms with Crippen LogP contribution in [-0.2, 0) is 16.1 Å². The van der Waals surface area contributed by atoms with Gasteiger partial charge in [-0.25, -0.2) is 4.68 Å². The van der Waals surface area contributed by atoms with E-state index in [1.54, 1.807) is 12.3 Å². The maximum atomic E-state index is 13.2. The number of piperidine rings is 1. The monoisotopic (exact) mass is 489 g/mol. The molecule has 4 fully saturated rings. The van der Waals surface area contributed by atoms with Crippen molar-refractivity contribution in [3.8, 4) is 5.69 Å². The SMILES string of the molecule is O=C1CCC(N2Cc3ccc(-n4cc(C(=O)N5C[C@H]6CC7CCCN7[C@H]6C5)nn4)cc3C2=O)C(=O)N1. The number of hydrogen-bond donors (Lipinski definition) is 1. The second-order valence-corrected chi connectivity index (χ2v) is 10.6. The fraction of sp³-hybridized carbons (Fsp3) is 0.520. The quantitative estimate of drug-likeness (QED) is 0.617. The normalized spacial score (nSPS) is 29.5. The van der Waals surface area contributed by atoms with Crippen molar-refractivity contribution in [1.29, 1.82) is 0 Å². The topological polar surface area (TPSA) is 121 Å². The number of rotatable bonds is 3. The van der Waals surface area contributed by atoms with Gasteiger partial charge >= 0.3 is 0 Å². The molecule has 5 aliphatic heterocycles. The number of carbonyl (C=O) groups excluding carboxylic acids is 4. The molecule has 0 aliphatic carbocycles. The number of amides is 4. The molecular formula is C25H27N7O4. The molecule has 0 radical (unpaired) electrons. The lowest BCUT2D eigenvalue weighted by Gasteiger charge is -2.29. The minimum Gasteiger partial charge on any atom is -0.335 e. The zero-order valence-electron chi connectivity index (χ0n) is 19.8. The van der Waals surface area contributed by atoms with Crippen molar-refractivity contribution in [2.24, 2.45) is 5.92 Å². The highest BCUT2D eigenvalue weighted by atomic mass is 16.2. The van der Waals surface area contributed by atoms with Gasteiger partial charge < -0.3 is 9.80 Å². The molecule has 4 amide bonds. The first-order valence-corrected chi connectivity index (χ1v) is 12.7. The summed E-state index contributed by atoms with van der Waals surface area (Å²) in [7, 11) is 0. The number of imide groups is 1. The Hall–Kier alpha value is -3.60. The van der Waals surface area contributed by atoms with Crippen LogP contribution in [0.3, 0.4) is 0 Å². The van der Waals surface area contributed by atoms with Crippen LogP contribution in [0, 0.1) is 5.92 Å². The molecule has 4 saturated heterocycles. The van der Waals surface area contributed by atoms with Gasteiger partial charge in [-0.2, -0.15) is 0 Å². The van der Waals surface area contributed by atoms with Gasteiger partial charge in [-0.3, -0.25) is 29.4 Å². The summed E-state index contributed by atoms with van der Waals surface area (Å²) in [4.78, 5) is 56.1. The van der Waals surface area contributed by atoms with Gasteiger partial charge in [0.25, 0.3) is 11.8 Å². The van der Waals surface area contributed by atoms with Gasteiger partial charge in [-0.05, 0) is 55.8 Å². The summed E-state index contributed by atoms with van der Waals surface area (Å²) in [6.45, 7) is 2.97. The van der Waals surface area contributed by atoms with E-state index < -0.39 is 11.9 Å². The van der Waals surface area contributed by atoms with E-state index >= 15 is 0 Å². The van der Waals surface area contributed by atoms with Gasteiger partial charge in [0.05, 0.1) is 11.9 Å². The molecule has 1 aromatic heterocycles. The van der Waals surface area contributed by atoms with Crippen molar-refractivity contribution < 1.29 is 19.2 Å². The third kappa shape index (κ3) is 3.29. The number of aromatic nitrogens is 3. The third-order valence-corrected chi connectivity index (χ3v) is 8.61. The summed E-state index contributed by atoms with van der Waals surface area (Å²) in [6, 6.07) is 5.90. The van der Waals surface area contributed by atoms with Crippen molar-refractivity contribution >= 4 is 23.6 Å². The Morgan fingerprint density at radius 1 is 1.11 bits per heavy atom. The highest BCUT2D eigenvalue weighted by Gasteiger charge is 2.49. The Morgan fingerprint density at radius 3 is 2.86 bits per heavy atom. The maximum absolute atomic E-state index is 13.2. The van der Waals surface area contributed by atoms with Crippen molar-refractivity contribution in [2.45, 2.75) is 56.8 Å². The van der Waals surface area contributed by atoms with E-state index in [4.69, 9.17) is 0 Å². The predicted octanol–water partition coefficient (Wildman–Crippen LogP) is 0.337. The van der Waals surface area contributed by atoms with Crippen LogP contribution in [0.4, 0.5) is 0 Å². The summed E-state index contributed by atoms with van der Waals surface area (Å²) < 4.78 is 1.52. The molecule has 2 aromatic rings. The highest BCUT2D eigenvalue weighted by Crippen LogP contribution is 2.40. The Kier molecular flexibility index (Phi) is 4.79. The minimum atomic E-state index is -0.655. The molecular weight excluding hydrogens is 462 g/mol. The van der Waals surface area contributed by atoms with Crippen molar-refractivity contribution in [3.63, 3.8) is 0 Å². The zero-order valence-corrected chi connectivity index (χ0v) is 19.8. The molecule has 5 aliphatic rings. The average molecular weight is 490 g/mol. The number of fused-ring (bicyclic) bond motifs is 4. The summed E-state index contributed by atoms with van der Waals surface area (Å²) in [6.07, 6.45) is 5.88. The van der Waals surface area contributed by atoms with Gasteiger partial charge in [0, 0.05) is 43.7 Å². The molecule has 7 rings (SSSR count). The van der Waals surface area contributed by atoms with Crippen LogP contribution in [-0.4, -0.2) is 91.1 Å². The van der Waals surface area contributed by atoms with E-state index in [2.05, 4.69) is 20.5 Å². The van der Waals surface area contributed by atoms with Gasteiger partial charge in [-0.15, -0.1) is 5.10 Å². The van der Waals surface area contributed by atoms with E-state index in [0.717, 1.165) is 25.2 Å². The molecule has 186 valence electrons. The Labute approximate surface area is 207 Å². The molecule has 0 bridgehead atoms. The maximum Gasteiger partial charge on any atom is 0.276 e. The van der Waals surface area contributed by atoms with Crippen molar-refractivity contribution in [1.82, 2.24) is 35.0 Å². The lowest BCUT2D eigenvalue weighted by Crippen LogP contribution is -2.52. The van der Waals surface area contributed by atoms with E-state index in [1.165, 1.54) is 28.8 Å². The fourth-order valence-electron chi connectivity index (χ4n) is 6.86. The second kappa shape index (κ2) is 7.95. The van der Waals surface area contributed by atoms with Crippen LogP contribution in [0.15, 0.2) is 24.4 Å². The van der Waals surface area contributed by atoms with Crippen molar-refractivity contribution in [2.75, 3.05) is 19.6 Å². The molecule has 1 aromatic carbocycles. The van der Waals surface area contributed by atoms with E-state index in [-0.39, 0.29) is 24.1 Å². The van der Waals surface area contributed by atoms with Crippen molar-refractivity contribution in [3.05, 3.63) is 41.2 Å². The lowest BCUT2D eigenvalue weighted by molar-refractivity contribution is -0.136. The zero-order chi connectivity index (χ0) is 24.6. The number of benzene rings is 1. The number of nitrogens with zero attached hydrogens (tertiary/aromatic N) is 6. The van der Waals surface area contributed by atoms with Crippen LogP contribution < -0.4 is 5.32 Å². The first kappa shape index (κ1) is 21.7. The number of hydrogen-bond acceptors (Lipinski definition) is 7. The molecule has 1 N–H and O–H groups in total. The summed E-state index contributed by atoms with van der Waals surface area (Å²) in [5.74, 6) is -0.548. The second-order valence-electron chi connectivity index (χ2n) is 10.6. The van der Waals surface area contributed by atoms with Gasteiger partial charge in [0.2, 0.25) is 11.8 Å². The highest BCUT2D eigenvalue weighted by molar-refractivity contribution is 6.05. The van der Waals surface area contributed by atoms with Crippen LogP contribution in [0.2, 0.25) is 0 Å². The van der Waals surface area contributed by atoms with Crippen LogP contribution >= 0.6 is 0 Å². The largest absolute Gasteiger partial charge is 0.335 e. The molecule has 11 heteroatoms. The predicted molar refractivity (Wildman–Crippen MR) is 125 cm³/mol. The van der Waals surface area contributed by atoms with Crippen LogP contribution in [0.5, 0.6) is 0 Å². The smallest absolute Gasteiger partial charge is 0.276 e. The first-order chi connectivity index (χ1) is 17.5. The first-order valence-electron chi connectivity index (χ1n) is 12.7. The fourth-order valence-corrected chi connectivity index (χ4v) is 6.86. The number of likely N-dealkylation sites (tertiary alicyclic amines) is 1. The molecule has 6 heterocycles. The van der Waals surface area contributed by atoms with Crippen LogP contribution in [0.25, 0.3) is 5.69 Å². The van der Waals surface area contributed by atoms with Crippen LogP contribution in [0.1, 0.15) is 58.5 Å². The Balaban J connectivity index is 1.07. The lowest BCUT2D eigenvalue weighted by atomic mass is 10.0. The standard InChI is InChI=1S/C25H27N7O4/c33-22-6-5-20(23(34)26-22)31-11-14-3-4-17(9-18(14)24(31)35)32-12-19(27-28-32)25(36)29-10-15-8-16-2-1-7-30(16)21(15)13-29/h3-4,9,12,15-16,20-21H,1-2,5-8,10-11,13H2,(H,26,33,34)/t15-,16?,20?,21+/m1/s1. The molecule has 4 atom stereocenters. The number of carbonyl (C=O) groups is 4. The summed E-state index contributed by atoms with van der Waals surface area (Å²) in [5, 5.41) is 10.6. The summed E-state index contributed by atoms with van der Waals surface area (Å²) in [5.41, 5.74) is 2.23. The van der Waals surface area contributed by atoms with E-state index in [1.807, 2.05) is 17.0 Å². The van der Waals surface area contributed by atoms with Gasteiger partial charge in [0.15, 0.2) is 5.69 Å². The molecule has 11 nitrogen and oxygen atoms in total. The summed E-state index contributed by atoms with van der Waals surface area (Å²) >= 11 is 0. The molecule has 0 spiro atoms. The van der Waals surface area contributed by atoms with Gasteiger partial charge in [-0.1, -0.05) is 11.3 Å². The average Bonchev–Trinajstić information content (AvgIpc) is 3.66. The number of nitrogens with one attached hydrogen (secondary N) is 1. The van der Waals surface area contributed by atoms with E-state index in [9.17, 15) is 19.2 Å². The molecule has 36 heavy (non-hydrogen) atoms. The van der Waals surface area contributed by atoms with Gasteiger partial charge in [0.1, 0.15) is 6.04 Å². The molecule has 0 saturated carbocycles. The van der Waals surface area contributed by atoms with E-state index in [0.29, 0.717) is 47.9 Å². The molecule has 2 unspecified atom stereocenters.